The molecule has 1 aliphatic rings. The van der Waals surface area contributed by atoms with Crippen LogP contribution < -0.4 is 4.90 Å². The molecule has 23 heavy (non-hydrogen) atoms. The maximum atomic E-state index is 11.7. The van der Waals surface area contributed by atoms with Crippen molar-refractivity contribution in [2.24, 2.45) is 0 Å². The van der Waals surface area contributed by atoms with E-state index in [1.54, 1.807) is 6.92 Å². The van der Waals surface area contributed by atoms with Crippen molar-refractivity contribution in [2.75, 3.05) is 37.3 Å². The maximum Gasteiger partial charge on any atom is 0.305 e. The van der Waals surface area contributed by atoms with Gasteiger partial charge in [-0.25, -0.2) is 8.42 Å². The van der Waals surface area contributed by atoms with Crippen LogP contribution >= 0.6 is 11.3 Å². The highest BCUT2D eigenvalue weighted by atomic mass is 32.2. The smallest absolute Gasteiger partial charge is 0.305 e. The number of aliphatic hydroxyl groups excluding tert-OH is 1. The third-order valence-electron chi connectivity index (χ3n) is 3.73. The van der Waals surface area contributed by atoms with E-state index in [-0.39, 0.29) is 15.9 Å². The molecular weight excluding hydrogens is 342 g/mol. The lowest BCUT2D eigenvalue weighted by molar-refractivity contribution is -0.383. The van der Waals surface area contributed by atoms with E-state index < -0.39 is 20.9 Å². The second-order valence-electron chi connectivity index (χ2n) is 5.94. The summed E-state index contributed by atoms with van der Waals surface area (Å²) >= 11 is 0.949. The molecule has 0 aliphatic carbocycles. The van der Waals surface area contributed by atoms with Gasteiger partial charge in [-0.15, -0.1) is 0 Å². The molecule has 1 aromatic heterocycles. The van der Waals surface area contributed by atoms with Gasteiger partial charge < -0.3 is 10.0 Å². The topological polar surface area (TPSA) is 104 Å². The summed E-state index contributed by atoms with van der Waals surface area (Å²) in [6, 6.07) is 1.14. The molecule has 0 amide bonds. The van der Waals surface area contributed by atoms with Crippen molar-refractivity contribution >= 4 is 31.9 Å². The van der Waals surface area contributed by atoms with E-state index in [9.17, 15) is 23.6 Å². The number of hydrogen-bond donors (Lipinski definition) is 1. The fourth-order valence-corrected chi connectivity index (χ4v) is 4.90. The van der Waals surface area contributed by atoms with Crippen LogP contribution in [0.25, 0.3) is 0 Å². The quantitative estimate of drug-likeness (QED) is 0.613. The van der Waals surface area contributed by atoms with Crippen LogP contribution in [0, 0.1) is 10.1 Å². The van der Waals surface area contributed by atoms with Gasteiger partial charge in [-0.05, 0) is 13.8 Å². The number of thiophene rings is 1. The van der Waals surface area contributed by atoms with Crippen LogP contribution in [-0.4, -0.2) is 67.9 Å². The number of nitro groups is 1. The third-order valence-corrected chi connectivity index (χ3v) is 6.69. The average molecular weight is 363 g/mol. The van der Waals surface area contributed by atoms with Crippen molar-refractivity contribution in [1.29, 1.82) is 0 Å². The summed E-state index contributed by atoms with van der Waals surface area (Å²) in [5.41, 5.74) is -0.161. The Labute approximate surface area is 139 Å². The largest absolute Gasteiger partial charge is 0.392 e. The summed E-state index contributed by atoms with van der Waals surface area (Å²) in [6.45, 7) is 6.10. The van der Waals surface area contributed by atoms with Gasteiger partial charge in [0.05, 0.1) is 11.0 Å². The van der Waals surface area contributed by atoms with Crippen molar-refractivity contribution in [2.45, 2.75) is 30.2 Å². The summed E-state index contributed by atoms with van der Waals surface area (Å²) in [6.07, 6.45) is 0.623. The number of anilines is 1. The number of hydrogen-bond acceptors (Lipinski definition) is 8. The SMILES string of the molecule is CC(O)CN1CCN(c2sc(S(C)(=O)=O)cc2[N+](=O)[O-])C(C)C1. The first-order valence-corrected chi connectivity index (χ1v) is 9.95. The zero-order valence-corrected chi connectivity index (χ0v) is 14.9. The van der Waals surface area contributed by atoms with E-state index in [0.717, 1.165) is 23.7 Å². The van der Waals surface area contributed by atoms with Gasteiger partial charge in [0, 0.05) is 44.5 Å². The molecule has 2 heterocycles. The van der Waals surface area contributed by atoms with Gasteiger partial charge in [0.25, 0.3) is 0 Å². The molecule has 1 aromatic rings. The molecule has 1 saturated heterocycles. The number of nitrogens with zero attached hydrogens (tertiary/aromatic N) is 3. The summed E-state index contributed by atoms with van der Waals surface area (Å²) in [7, 11) is -3.48. The summed E-state index contributed by atoms with van der Waals surface area (Å²) in [5.74, 6) is 0. The number of piperazine rings is 1. The molecule has 0 saturated carbocycles. The van der Waals surface area contributed by atoms with E-state index in [0.29, 0.717) is 31.2 Å². The van der Waals surface area contributed by atoms with Crippen LogP contribution in [0.3, 0.4) is 0 Å². The van der Waals surface area contributed by atoms with Gasteiger partial charge in [-0.1, -0.05) is 11.3 Å². The minimum atomic E-state index is -3.48. The predicted molar refractivity (Wildman–Crippen MR) is 89.0 cm³/mol. The second kappa shape index (κ2) is 6.71. The van der Waals surface area contributed by atoms with E-state index in [1.165, 1.54) is 0 Å². The lowest BCUT2D eigenvalue weighted by Gasteiger charge is -2.40. The number of rotatable bonds is 5. The van der Waals surface area contributed by atoms with Gasteiger partial charge in [0.2, 0.25) is 0 Å². The Kier molecular flexibility index (Phi) is 5.29. The van der Waals surface area contributed by atoms with Crippen molar-refractivity contribution in [3.05, 3.63) is 16.2 Å². The van der Waals surface area contributed by atoms with Crippen molar-refractivity contribution in [3.63, 3.8) is 0 Å². The molecule has 2 atom stereocenters. The molecule has 0 radical (unpaired) electrons. The fourth-order valence-electron chi connectivity index (χ4n) is 2.74. The van der Waals surface area contributed by atoms with Crippen LogP contribution in [0.2, 0.25) is 0 Å². The Morgan fingerprint density at radius 1 is 1.52 bits per heavy atom. The molecule has 1 fully saturated rings. The Morgan fingerprint density at radius 3 is 2.65 bits per heavy atom. The van der Waals surface area contributed by atoms with Crippen molar-refractivity contribution in [3.8, 4) is 0 Å². The van der Waals surface area contributed by atoms with E-state index >= 15 is 0 Å². The number of β-amino-alcohol motifs (C(OH)–C–C–N with tert-alkyl or cyclic N) is 1. The zero-order chi connectivity index (χ0) is 17.4. The monoisotopic (exact) mass is 363 g/mol. The first-order chi connectivity index (χ1) is 10.6. The highest BCUT2D eigenvalue weighted by molar-refractivity contribution is 7.92. The first kappa shape index (κ1) is 18.1. The molecule has 2 unspecified atom stereocenters. The highest BCUT2D eigenvalue weighted by Crippen LogP contribution is 2.41. The van der Waals surface area contributed by atoms with Gasteiger partial charge in [-0.3, -0.25) is 15.0 Å². The predicted octanol–water partition coefficient (Wildman–Crippen LogP) is 0.951. The van der Waals surface area contributed by atoms with Crippen LogP contribution in [0.15, 0.2) is 10.3 Å². The molecular formula is C13H21N3O5S2. The molecule has 0 bridgehead atoms. The Hall–Kier alpha value is -1.23. The molecule has 130 valence electrons. The average Bonchev–Trinajstić information content (AvgIpc) is 2.82. The van der Waals surface area contributed by atoms with Gasteiger partial charge in [0.15, 0.2) is 14.8 Å². The Balaban J connectivity index is 2.28. The van der Waals surface area contributed by atoms with Crippen LogP contribution in [0.5, 0.6) is 0 Å². The normalized spacial score (nSPS) is 21.4. The maximum absolute atomic E-state index is 11.7. The first-order valence-electron chi connectivity index (χ1n) is 7.25. The van der Waals surface area contributed by atoms with E-state index in [2.05, 4.69) is 4.90 Å². The van der Waals surface area contributed by atoms with Crippen LogP contribution in [-0.2, 0) is 9.84 Å². The minimum absolute atomic E-state index is 0.00717. The molecule has 0 spiro atoms. The fraction of sp³-hybridized carbons (Fsp3) is 0.692. The zero-order valence-electron chi connectivity index (χ0n) is 13.3. The van der Waals surface area contributed by atoms with E-state index in [1.807, 2.05) is 11.8 Å². The molecule has 1 N–H and O–H groups in total. The van der Waals surface area contributed by atoms with Crippen LogP contribution in [0.1, 0.15) is 13.8 Å². The van der Waals surface area contributed by atoms with Crippen molar-refractivity contribution < 1.29 is 18.4 Å². The minimum Gasteiger partial charge on any atom is -0.392 e. The second-order valence-corrected chi connectivity index (χ2v) is 9.21. The van der Waals surface area contributed by atoms with E-state index in [4.69, 9.17) is 0 Å². The molecule has 2 rings (SSSR count). The molecule has 8 nitrogen and oxygen atoms in total. The number of aliphatic hydroxyl groups is 1. The lowest BCUT2D eigenvalue weighted by Crippen LogP contribution is -2.53. The molecule has 0 aromatic carbocycles. The summed E-state index contributed by atoms with van der Waals surface area (Å²) in [4.78, 5) is 14.7. The van der Waals surface area contributed by atoms with Gasteiger partial charge in [0.1, 0.15) is 4.21 Å². The molecule has 1 aliphatic heterocycles. The standard InChI is InChI=1S/C13H21N3O5S2/c1-9-7-14(8-10(2)17)4-5-15(9)13-11(16(18)19)6-12(22-13)23(3,20)21/h6,9-10,17H,4-5,7-8H2,1-3H3. The Bertz CT molecular complexity index is 686. The lowest BCUT2D eigenvalue weighted by atomic mass is 10.2. The number of sulfone groups is 1. The van der Waals surface area contributed by atoms with Crippen LogP contribution in [0.4, 0.5) is 10.7 Å². The van der Waals surface area contributed by atoms with Gasteiger partial charge in [-0.2, -0.15) is 0 Å². The third kappa shape index (κ3) is 4.19. The Morgan fingerprint density at radius 2 is 2.17 bits per heavy atom. The summed E-state index contributed by atoms with van der Waals surface area (Å²) in [5, 5.41) is 21.1. The molecule has 10 heteroatoms. The van der Waals surface area contributed by atoms with Gasteiger partial charge >= 0.3 is 5.69 Å². The highest BCUT2D eigenvalue weighted by Gasteiger charge is 2.32. The van der Waals surface area contributed by atoms with Crippen molar-refractivity contribution in [1.82, 2.24) is 4.90 Å². The summed E-state index contributed by atoms with van der Waals surface area (Å²) < 4.78 is 23.4.